The lowest BCUT2D eigenvalue weighted by Gasteiger charge is -2.08. The molecule has 116 valence electrons. The molecule has 1 aromatic carbocycles. The summed E-state index contributed by atoms with van der Waals surface area (Å²) in [4.78, 5) is 22.1. The summed E-state index contributed by atoms with van der Waals surface area (Å²) >= 11 is 5.99. The molecule has 0 radical (unpaired) electrons. The summed E-state index contributed by atoms with van der Waals surface area (Å²) in [6.07, 6.45) is 0. The second-order valence-electron chi connectivity index (χ2n) is 4.65. The van der Waals surface area contributed by atoms with Gasteiger partial charge in [-0.1, -0.05) is 11.6 Å². The molecule has 0 saturated heterocycles. The third-order valence-electron chi connectivity index (χ3n) is 3.05. The van der Waals surface area contributed by atoms with Crippen LogP contribution >= 0.6 is 11.6 Å². The lowest BCUT2D eigenvalue weighted by atomic mass is 10.2. The SMILES string of the molecule is Cc1nn(CC(=O)Nc2cc([N+](=O)[O-])ccc2O)c(C)c1Cl. The van der Waals surface area contributed by atoms with Crippen molar-refractivity contribution in [2.24, 2.45) is 0 Å². The first-order chi connectivity index (χ1) is 10.3. The van der Waals surface area contributed by atoms with E-state index in [4.69, 9.17) is 11.6 Å². The molecule has 1 heterocycles. The van der Waals surface area contributed by atoms with Crippen LogP contribution in [0.1, 0.15) is 11.4 Å². The maximum absolute atomic E-state index is 12.0. The summed E-state index contributed by atoms with van der Waals surface area (Å²) in [5, 5.41) is 27.4. The van der Waals surface area contributed by atoms with Crippen molar-refractivity contribution >= 4 is 28.9 Å². The predicted molar refractivity (Wildman–Crippen MR) is 80.1 cm³/mol. The summed E-state index contributed by atoms with van der Waals surface area (Å²) in [6, 6.07) is 3.38. The fraction of sp³-hybridized carbons (Fsp3) is 0.231. The number of aromatic hydroxyl groups is 1. The Balaban J connectivity index is 2.17. The molecule has 2 aromatic rings. The summed E-state index contributed by atoms with van der Waals surface area (Å²) < 4.78 is 1.42. The molecular formula is C13H13ClN4O4. The fourth-order valence-corrected chi connectivity index (χ4v) is 2.03. The van der Waals surface area contributed by atoms with Crippen LogP contribution in [0.25, 0.3) is 0 Å². The minimum atomic E-state index is -0.615. The summed E-state index contributed by atoms with van der Waals surface area (Å²) in [6.45, 7) is 3.32. The molecular weight excluding hydrogens is 312 g/mol. The van der Waals surface area contributed by atoms with Crippen molar-refractivity contribution in [3.8, 4) is 5.75 Å². The van der Waals surface area contributed by atoms with Gasteiger partial charge in [0.25, 0.3) is 5.69 Å². The topological polar surface area (TPSA) is 110 Å². The Kier molecular flexibility index (Phi) is 4.32. The van der Waals surface area contributed by atoms with Crippen LogP contribution in [0.4, 0.5) is 11.4 Å². The first-order valence-corrected chi connectivity index (χ1v) is 6.64. The fourth-order valence-electron chi connectivity index (χ4n) is 1.89. The Morgan fingerprint density at radius 2 is 2.18 bits per heavy atom. The number of hydrogen-bond donors (Lipinski definition) is 2. The van der Waals surface area contributed by atoms with Gasteiger partial charge in [0.05, 0.1) is 27.0 Å². The molecule has 8 nitrogen and oxygen atoms in total. The maximum atomic E-state index is 12.0. The number of benzene rings is 1. The van der Waals surface area contributed by atoms with Crippen LogP contribution in [0.15, 0.2) is 18.2 Å². The van der Waals surface area contributed by atoms with E-state index in [1.165, 1.54) is 4.68 Å². The number of nitrogens with zero attached hydrogens (tertiary/aromatic N) is 3. The number of aromatic nitrogens is 2. The van der Waals surface area contributed by atoms with Crippen molar-refractivity contribution in [2.75, 3.05) is 5.32 Å². The number of carbonyl (C=O) groups excluding carboxylic acids is 1. The van der Waals surface area contributed by atoms with Gasteiger partial charge in [0.2, 0.25) is 5.91 Å². The van der Waals surface area contributed by atoms with E-state index >= 15 is 0 Å². The van der Waals surface area contributed by atoms with Crippen LogP contribution in [-0.4, -0.2) is 25.7 Å². The average Bonchev–Trinajstić information content (AvgIpc) is 2.68. The number of nitrogens with one attached hydrogen (secondary N) is 1. The van der Waals surface area contributed by atoms with Crippen molar-refractivity contribution in [1.29, 1.82) is 0 Å². The number of non-ortho nitro benzene ring substituents is 1. The van der Waals surface area contributed by atoms with Gasteiger partial charge in [0, 0.05) is 12.1 Å². The lowest BCUT2D eigenvalue weighted by molar-refractivity contribution is -0.384. The molecule has 2 rings (SSSR count). The quantitative estimate of drug-likeness (QED) is 0.509. The Hall–Kier alpha value is -2.61. The minimum Gasteiger partial charge on any atom is -0.506 e. The van der Waals surface area contributed by atoms with Crippen LogP contribution in [0.5, 0.6) is 5.75 Å². The number of nitro groups is 1. The molecule has 0 fully saturated rings. The molecule has 1 amide bonds. The van der Waals surface area contributed by atoms with Gasteiger partial charge < -0.3 is 10.4 Å². The zero-order chi connectivity index (χ0) is 16.4. The number of rotatable bonds is 4. The Morgan fingerprint density at radius 3 is 2.73 bits per heavy atom. The van der Waals surface area contributed by atoms with E-state index in [2.05, 4.69) is 10.4 Å². The van der Waals surface area contributed by atoms with Gasteiger partial charge in [0.15, 0.2) is 0 Å². The van der Waals surface area contributed by atoms with Gasteiger partial charge in [-0.15, -0.1) is 0 Å². The van der Waals surface area contributed by atoms with E-state index in [9.17, 15) is 20.0 Å². The molecule has 0 spiro atoms. The number of carbonyl (C=O) groups is 1. The molecule has 2 N–H and O–H groups in total. The van der Waals surface area contributed by atoms with Crippen LogP contribution in [-0.2, 0) is 11.3 Å². The number of amides is 1. The molecule has 9 heteroatoms. The van der Waals surface area contributed by atoms with Gasteiger partial charge in [-0.05, 0) is 19.9 Å². The van der Waals surface area contributed by atoms with E-state index < -0.39 is 10.8 Å². The van der Waals surface area contributed by atoms with Gasteiger partial charge in [-0.2, -0.15) is 5.10 Å². The number of anilines is 1. The van der Waals surface area contributed by atoms with Crippen LogP contribution in [0, 0.1) is 24.0 Å². The van der Waals surface area contributed by atoms with Gasteiger partial charge in [0.1, 0.15) is 12.3 Å². The number of phenolic OH excluding ortho intramolecular Hbond substituents is 1. The summed E-state index contributed by atoms with van der Waals surface area (Å²) in [7, 11) is 0. The molecule has 0 unspecified atom stereocenters. The molecule has 0 saturated carbocycles. The van der Waals surface area contributed by atoms with E-state index in [1.54, 1.807) is 13.8 Å². The monoisotopic (exact) mass is 324 g/mol. The third-order valence-corrected chi connectivity index (χ3v) is 3.60. The standard InChI is InChI=1S/C13H13ClN4O4/c1-7-13(14)8(2)17(16-7)6-12(20)15-10-5-9(18(21)22)3-4-11(10)19/h3-5,19H,6H2,1-2H3,(H,15,20). The van der Waals surface area contributed by atoms with Gasteiger partial charge >= 0.3 is 0 Å². The highest BCUT2D eigenvalue weighted by Gasteiger charge is 2.15. The van der Waals surface area contributed by atoms with Crippen LogP contribution in [0.2, 0.25) is 5.02 Å². The Morgan fingerprint density at radius 1 is 1.50 bits per heavy atom. The number of phenols is 1. The number of nitro benzene ring substituents is 1. The number of hydrogen-bond acceptors (Lipinski definition) is 5. The van der Waals surface area contributed by atoms with Crippen LogP contribution < -0.4 is 5.32 Å². The smallest absolute Gasteiger partial charge is 0.271 e. The molecule has 22 heavy (non-hydrogen) atoms. The third kappa shape index (κ3) is 3.17. The van der Waals surface area contributed by atoms with Crippen molar-refractivity contribution in [1.82, 2.24) is 9.78 Å². The Labute approximate surface area is 130 Å². The highest BCUT2D eigenvalue weighted by Crippen LogP contribution is 2.28. The highest BCUT2D eigenvalue weighted by molar-refractivity contribution is 6.31. The molecule has 0 bridgehead atoms. The summed E-state index contributed by atoms with van der Waals surface area (Å²) in [5.74, 6) is -0.747. The van der Waals surface area contributed by atoms with E-state index in [-0.39, 0.29) is 23.7 Å². The van der Waals surface area contributed by atoms with Gasteiger partial charge in [-0.3, -0.25) is 19.6 Å². The van der Waals surface area contributed by atoms with Crippen molar-refractivity contribution in [3.63, 3.8) is 0 Å². The first kappa shape index (κ1) is 15.8. The maximum Gasteiger partial charge on any atom is 0.271 e. The zero-order valence-electron chi connectivity index (χ0n) is 11.8. The van der Waals surface area contributed by atoms with E-state index in [0.29, 0.717) is 16.4 Å². The molecule has 0 atom stereocenters. The lowest BCUT2D eigenvalue weighted by Crippen LogP contribution is -2.20. The number of aryl methyl sites for hydroxylation is 1. The first-order valence-electron chi connectivity index (χ1n) is 6.26. The van der Waals surface area contributed by atoms with Crippen molar-refractivity contribution in [2.45, 2.75) is 20.4 Å². The van der Waals surface area contributed by atoms with E-state index in [1.807, 2.05) is 0 Å². The van der Waals surface area contributed by atoms with Crippen molar-refractivity contribution in [3.05, 3.63) is 44.7 Å². The average molecular weight is 325 g/mol. The summed E-state index contributed by atoms with van der Waals surface area (Å²) in [5.41, 5.74) is 0.969. The largest absolute Gasteiger partial charge is 0.506 e. The number of halogens is 1. The second-order valence-corrected chi connectivity index (χ2v) is 5.03. The molecule has 0 aliphatic carbocycles. The molecule has 0 aliphatic rings. The molecule has 0 aliphatic heterocycles. The second kappa shape index (κ2) is 6.02. The highest BCUT2D eigenvalue weighted by atomic mass is 35.5. The zero-order valence-corrected chi connectivity index (χ0v) is 12.6. The van der Waals surface area contributed by atoms with Crippen molar-refractivity contribution < 1.29 is 14.8 Å². The molecule has 1 aromatic heterocycles. The minimum absolute atomic E-state index is 0.0353. The van der Waals surface area contributed by atoms with Gasteiger partial charge in [-0.25, -0.2) is 0 Å². The van der Waals surface area contributed by atoms with E-state index in [0.717, 1.165) is 18.2 Å². The van der Waals surface area contributed by atoms with Crippen LogP contribution in [0.3, 0.4) is 0 Å². The normalized spacial score (nSPS) is 10.5. The predicted octanol–water partition coefficient (Wildman–Crippen LogP) is 2.41. The Bertz CT molecular complexity index is 757.